The van der Waals surface area contributed by atoms with Crippen molar-refractivity contribution < 1.29 is 14.3 Å². The number of pyridine rings is 1. The average Bonchev–Trinajstić information content (AvgIpc) is 3.61. The number of fused-ring (bicyclic) bond motifs is 3. The number of aromatic nitrogens is 5. The zero-order valence-electron chi connectivity index (χ0n) is 23.4. The van der Waals surface area contributed by atoms with Crippen LogP contribution in [0.5, 0.6) is 5.75 Å². The van der Waals surface area contributed by atoms with Gasteiger partial charge in [0.05, 0.1) is 35.6 Å². The molecule has 40 heavy (non-hydrogen) atoms. The van der Waals surface area contributed by atoms with Gasteiger partial charge in [-0.1, -0.05) is 0 Å². The number of carbonyl (C=O) groups excluding carboxylic acids is 1. The Morgan fingerprint density at radius 2 is 1.90 bits per heavy atom. The van der Waals surface area contributed by atoms with Gasteiger partial charge in [-0.05, 0) is 59.2 Å². The molecular formula is C29H34N8O3. The van der Waals surface area contributed by atoms with Crippen molar-refractivity contribution in [1.82, 2.24) is 29.6 Å². The number of amides is 1. The molecule has 3 aromatic heterocycles. The number of nitrogens with one attached hydrogen (secondary N) is 1. The van der Waals surface area contributed by atoms with Crippen molar-refractivity contribution in [3.05, 3.63) is 55.1 Å². The van der Waals surface area contributed by atoms with Gasteiger partial charge in [-0.2, -0.15) is 0 Å². The molecule has 0 aliphatic carbocycles. The quantitative estimate of drug-likeness (QED) is 0.362. The second-order valence-electron chi connectivity index (χ2n) is 11.5. The van der Waals surface area contributed by atoms with Gasteiger partial charge >= 0.3 is 6.09 Å². The smallest absolute Gasteiger partial charge is 0.410 e. The molecule has 2 fully saturated rings. The largest absolute Gasteiger partial charge is 0.491 e. The molecule has 2 atom stereocenters. The number of carbonyl (C=O) groups is 1. The van der Waals surface area contributed by atoms with Crippen molar-refractivity contribution in [1.29, 1.82) is 0 Å². The van der Waals surface area contributed by atoms with Gasteiger partial charge in [-0.3, -0.25) is 4.98 Å². The van der Waals surface area contributed by atoms with Crippen molar-refractivity contribution in [2.45, 2.75) is 64.8 Å². The lowest BCUT2D eigenvalue weighted by Crippen LogP contribution is -2.50. The first kappa shape index (κ1) is 25.8. The van der Waals surface area contributed by atoms with Gasteiger partial charge in [-0.25, -0.2) is 19.4 Å². The molecule has 1 aromatic carbocycles. The fraction of sp³-hybridized carbons (Fsp3) is 0.414. The fourth-order valence-corrected chi connectivity index (χ4v) is 5.40. The maximum absolute atomic E-state index is 12.7. The zero-order chi connectivity index (χ0) is 28.0. The van der Waals surface area contributed by atoms with E-state index in [0.717, 1.165) is 34.6 Å². The molecule has 0 unspecified atom stereocenters. The molecule has 5 heterocycles. The van der Waals surface area contributed by atoms with Crippen molar-refractivity contribution in [3.8, 4) is 11.4 Å². The number of piperazine rings is 1. The van der Waals surface area contributed by atoms with E-state index in [2.05, 4.69) is 20.2 Å². The Morgan fingerprint density at radius 1 is 1.05 bits per heavy atom. The third-order valence-corrected chi connectivity index (χ3v) is 6.97. The van der Waals surface area contributed by atoms with Crippen molar-refractivity contribution >= 4 is 34.4 Å². The summed E-state index contributed by atoms with van der Waals surface area (Å²) in [5.74, 6) is 2.89. The third kappa shape index (κ3) is 5.11. The van der Waals surface area contributed by atoms with E-state index >= 15 is 0 Å². The van der Waals surface area contributed by atoms with Gasteiger partial charge in [0.2, 0.25) is 0 Å². The minimum Gasteiger partial charge on any atom is -0.491 e. The molecular weight excluding hydrogens is 508 g/mol. The van der Waals surface area contributed by atoms with Crippen LogP contribution in [0.4, 0.5) is 22.2 Å². The highest BCUT2D eigenvalue weighted by atomic mass is 16.6. The first-order chi connectivity index (χ1) is 19.1. The zero-order valence-corrected chi connectivity index (χ0v) is 23.4. The van der Waals surface area contributed by atoms with Crippen LogP contribution in [0.2, 0.25) is 0 Å². The number of rotatable bonds is 6. The third-order valence-electron chi connectivity index (χ3n) is 6.97. The van der Waals surface area contributed by atoms with Crippen molar-refractivity contribution in [3.63, 3.8) is 0 Å². The highest BCUT2D eigenvalue weighted by Crippen LogP contribution is 2.36. The molecule has 1 N–H and O–H groups in total. The van der Waals surface area contributed by atoms with Crippen LogP contribution in [0.3, 0.4) is 0 Å². The number of hydrogen-bond acceptors (Lipinski definition) is 9. The number of likely N-dealkylation sites (tertiary alicyclic amines) is 1. The van der Waals surface area contributed by atoms with E-state index < -0.39 is 5.60 Å². The van der Waals surface area contributed by atoms with Crippen LogP contribution in [0.1, 0.15) is 41.0 Å². The maximum atomic E-state index is 12.7. The number of hydrogen-bond donors (Lipinski definition) is 1. The summed E-state index contributed by atoms with van der Waals surface area (Å²) in [5.41, 5.74) is 1.25. The second-order valence-corrected chi connectivity index (χ2v) is 11.5. The highest BCUT2D eigenvalue weighted by Gasteiger charge is 2.47. The second kappa shape index (κ2) is 9.96. The molecule has 11 nitrogen and oxygen atoms in total. The summed E-state index contributed by atoms with van der Waals surface area (Å²) in [6.07, 6.45) is 7.44. The molecule has 0 radical (unpaired) electrons. The van der Waals surface area contributed by atoms with E-state index in [1.807, 2.05) is 74.5 Å². The lowest BCUT2D eigenvalue weighted by Gasteiger charge is -2.35. The van der Waals surface area contributed by atoms with E-state index in [0.29, 0.717) is 24.7 Å². The lowest BCUT2D eigenvalue weighted by molar-refractivity contribution is 0.0214. The predicted octanol–water partition coefficient (Wildman–Crippen LogP) is 4.94. The van der Waals surface area contributed by atoms with Crippen LogP contribution in [0, 0.1) is 0 Å². The van der Waals surface area contributed by atoms with Crippen LogP contribution in [-0.2, 0) is 4.74 Å². The van der Waals surface area contributed by atoms with E-state index in [1.54, 1.807) is 24.8 Å². The summed E-state index contributed by atoms with van der Waals surface area (Å²) in [7, 11) is 0. The van der Waals surface area contributed by atoms with Gasteiger partial charge < -0.3 is 24.6 Å². The van der Waals surface area contributed by atoms with Crippen LogP contribution < -0.4 is 15.0 Å². The van der Waals surface area contributed by atoms with Crippen LogP contribution in [0.15, 0.2) is 55.1 Å². The monoisotopic (exact) mass is 542 g/mol. The van der Waals surface area contributed by atoms with Gasteiger partial charge in [0, 0.05) is 49.2 Å². The number of anilines is 3. The van der Waals surface area contributed by atoms with E-state index in [9.17, 15) is 4.79 Å². The first-order valence-electron chi connectivity index (χ1n) is 13.6. The van der Waals surface area contributed by atoms with Gasteiger partial charge in [0.1, 0.15) is 23.0 Å². The number of nitrogens with zero attached hydrogens (tertiary/aromatic N) is 7. The van der Waals surface area contributed by atoms with Gasteiger partial charge in [0.15, 0.2) is 5.82 Å². The Labute approximate surface area is 233 Å². The van der Waals surface area contributed by atoms with E-state index in [-0.39, 0.29) is 24.3 Å². The Hall–Kier alpha value is -4.41. The summed E-state index contributed by atoms with van der Waals surface area (Å²) in [4.78, 5) is 30.1. The molecule has 2 bridgehead atoms. The number of benzene rings is 1. The topological polar surface area (TPSA) is 111 Å². The maximum Gasteiger partial charge on any atom is 0.410 e. The molecule has 2 aliphatic rings. The van der Waals surface area contributed by atoms with Crippen LogP contribution in [-0.4, -0.2) is 72.6 Å². The van der Waals surface area contributed by atoms with E-state index in [1.165, 1.54) is 0 Å². The molecule has 4 aromatic rings. The summed E-state index contributed by atoms with van der Waals surface area (Å²) in [6, 6.07) is 10.2. The summed E-state index contributed by atoms with van der Waals surface area (Å²) in [5, 5.41) is 9.15. The molecule has 208 valence electrons. The Kier molecular flexibility index (Phi) is 6.44. The summed E-state index contributed by atoms with van der Waals surface area (Å²) < 4.78 is 13.5. The molecule has 0 saturated carbocycles. The molecule has 0 spiro atoms. The normalized spacial score (nSPS) is 18.6. The SMILES string of the molecule is CC(C)Oc1ccc2c(Nc3cnccn3)nn(-c3ccnc(N4C[C@@H]5C[C@H]4CN5C(=O)OC(C)(C)C)c3)c2c1. The lowest BCUT2D eigenvalue weighted by atomic mass is 10.2. The fourth-order valence-electron chi connectivity index (χ4n) is 5.40. The van der Waals surface area contributed by atoms with E-state index in [4.69, 9.17) is 19.6 Å². The van der Waals surface area contributed by atoms with Gasteiger partial charge in [-0.15, -0.1) is 5.10 Å². The summed E-state index contributed by atoms with van der Waals surface area (Å²) >= 11 is 0. The van der Waals surface area contributed by atoms with Gasteiger partial charge in [0.25, 0.3) is 0 Å². The minimum atomic E-state index is -0.512. The Morgan fingerprint density at radius 3 is 2.60 bits per heavy atom. The summed E-state index contributed by atoms with van der Waals surface area (Å²) in [6.45, 7) is 11.0. The minimum absolute atomic E-state index is 0.0457. The molecule has 11 heteroatoms. The average molecular weight is 543 g/mol. The molecule has 1 amide bonds. The Bertz CT molecular complexity index is 1530. The van der Waals surface area contributed by atoms with Crippen molar-refractivity contribution in [2.24, 2.45) is 0 Å². The highest BCUT2D eigenvalue weighted by molar-refractivity contribution is 5.93. The number of ether oxygens (including phenoxy) is 2. The first-order valence-corrected chi connectivity index (χ1v) is 13.6. The van der Waals surface area contributed by atoms with Crippen LogP contribution >= 0.6 is 0 Å². The molecule has 2 aliphatic heterocycles. The van der Waals surface area contributed by atoms with Crippen molar-refractivity contribution in [2.75, 3.05) is 23.3 Å². The Balaban J connectivity index is 1.31. The predicted molar refractivity (Wildman–Crippen MR) is 152 cm³/mol. The molecule has 2 saturated heterocycles. The standard InChI is InChI=1S/C29H34N8O3/c1-18(2)39-22-6-7-23-24(14-22)37(34-27(23)33-25-15-30-10-11-31-25)19-8-9-32-26(13-19)35-16-21-12-20(35)17-36(21)28(38)40-29(3,4)5/h6-11,13-15,18,20-21H,12,16-17H2,1-5H3,(H,31,33,34)/t20-,21-/m0/s1. The molecule has 6 rings (SSSR count). The van der Waals surface area contributed by atoms with Crippen LogP contribution in [0.25, 0.3) is 16.6 Å².